The summed E-state index contributed by atoms with van der Waals surface area (Å²) in [6, 6.07) is 5.36. The highest BCUT2D eigenvalue weighted by Crippen LogP contribution is 2.28. The number of carboxylic acid groups (broad SMARTS) is 1. The van der Waals surface area contributed by atoms with Crippen LogP contribution in [0.3, 0.4) is 0 Å². The minimum Gasteiger partial charge on any atom is -0.477 e. The van der Waals surface area contributed by atoms with E-state index in [1.54, 1.807) is 13.0 Å². The van der Waals surface area contributed by atoms with Gasteiger partial charge in [0.1, 0.15) is 0 Å². The Labute approximate surface area is 120 Å². The van der Waals surface area contributed by atoms with Crippen LogP contribution in [0.15, 0.2) is 28.1 Å². The molecule has 0 bridgehead atoms. The number of nitrogens with zero attached hydrogens (tertiary/aromatic N) is 3. The van der Waals surface area contributed by atoms with Gasteiger partial charge in [0.2, 0.25) is 0 Å². The van der Waals surface area contributed by atoms with E-state index in [-0.39, 0.29) is 5.69 Å². The number of fused-ring (bicyclic) bond motifs is 1. The minimum absolute atomic E-state index is 0.0993. The number of hydrogen-bond acceptors (Lipinski definition) is 4. The molecule has 5 nitrogen and oxygen atoms in total. The minimum atomic E-state index is -1.03. The maximum absolute atomic E-state index is 11.4. The summed E-state index contributed by atoms with van der Waals surface area (Å²) >= 11 is 4.91. The molecule has 0 spiro atoms. The van der Waals surface area contributed by atoms with Crippen molar-refractivity contribution in [2.75, 3.05) is 0 Å². The Balaban J connectivity index is 2.38. The van der Waals surface area contributed by atoms with E-state index in [9.17, 15) is 9.90 Å². The van der Waals surface area contributed by atoms with E-state index in [0.717, 1.165) is 4.88 Å². The van der Waals surface area contributed by atoms with Crippen LogP contribution in [0.1, 0.15) is 16.2 Å². The van der Waals surface area contributed by atoms with E-state index in [1.165, 1.54) is 15.9 Å². The highest BCUT2D eigenvalue weighted by Gasteiger charge is 2.18. The molecule has 19 heavy (non-hydrogen) atoms. The number of carboxylic acids is 1. The maximum atomic E-state index is 11.4. The monoisotopic (exact) mass is 337 g/mol. The SMILES string of the molecule is Cc1nn2c(C(=O)O)cc(-c3cccs3)nc2c1Br. The summed E-state index contributed by atoms with van der Waals surface area (Å²) in [6.07, 6.45) is 0. The molecular formula is C12H8BrN3O2S. The van der Waals surface area contributed by atoms with Crippen LogP contribution in [0.2, 0.25) is 0 Å². The standard InChI is InChI=1S/C12H8BrN3O2S/c1-6-10(13)11-14-7(9-3-2-4-19-9)5-8(12(17)18)16(11)15-6/h2-5H,1H3,(H,17,18). The number of aromatic carboxylic acids is 1. The Morgan fingerprint density at radius 1 is 1.53 bits per heavy atom. The molecule has 0 atom stereocenters. The smallest absolute Gasteiger partial charge is 0.354 e. The first-order valence-corrected chi connectivity index (χ1v) is 7.08. The zero-order valence-electron chi connectivity index (χ0n) is 9.79. The van der Waals surface area contributed by atoms with Gasteiger partial charge < -0.3 is 5.11 Å². The van der Waals surface area contributed by atoms with Crippen LogP contribution in [-0.2, 0) is 0 Å². The van der Waals surface area contributed by atoms with Gasteiger partial charge in [-0.25, -0.2) is 14.3 Å². The fourth-order valence-electron chi connectivity index (χ4n) is 1.80. The van der Waals surface area contributed by atoms with Crippen molar-refractivity contribution in [1.29, 1.82) is 0 Å². The molecular weight excluding hydrogens is 330 g/mol. The fraction of sp³-hybridized carbons (Fsp3) is 0.0833. The number of thiophene rings is 1. The second-order valence-corrected chi connectivity index (χ2v) is 5.68. The van der Waals surface area contributed by atoms with Crippen LogP contribution in [0.5, 0.6) is 0 Å². The Bertz CT molecular complexity index is 780. The lowest BCUT2D eigenvalue weighted by molar-refractivity contribution is 0.0687. The van der Waals surface area contributed by atoms with Crippen LogP contribution < -0.4 is 0 Å². The predicted molar refractivity (Wildman–Crippen MR) is 75.7 cm³/mol. The molecule has 0 amide bonds. The van der Waals surface area contributed by atoms with Crippen molar-refractivity contribution in [2.45, 2.75) is 6.92 Å². The van der Waals surface area contributed by atoms with Crippen LogP contribution in [0.4, 0.5) is 0 Å². The van der Waals surface area contributed by atoms with Gasteiger partial charge in [-0.15, -0.1) is 11.3 Å². The molecule has 3 aromatic heterocycles. The summed E-state index contributed by atoms with van der Waals surface area (Å²) in [5, 5.41) is 15.4. The third-order valence-corrected chi connectivity index (χ3v) is 4.51. The zero-order chi connectivity index (χ0) is 13.6. The van der Waals surface area contributed by atoms with Crippen molar-refractivity contribution < 1.29 is 9.90 Å². The molecule has 3 aromatic rings. The van der Waals surface area contributed by atoms with Gasteiger partial charge in [-0.2, -0.15) is 5.10 Å². The van der Waals surface area contributed by atoms with E-state index in [4.69, 9.17) is 0 Å². The van der Waals surface area contributed by atoms with Gasteiger partial charge in [-0.1, -0.05) is 6.07 Å². The Morgan fingerprint density at radius 3 is 2.95 bits per heavy atom. The largest absolute Gasteiger partial charge is 0.477 e. The van der Waals surface area contributed by atoms with Crippen molar-refractivity contribution in [2.24, 2.45) is 0 Å². The Hall–Kier alpha value is -1.73. The number of aryl methyl sites for hydroxylation is 1. The topological polar surface area (TPSA) is 67.5 Å². The van der Waals surface area contributed by atoms with Gasteiger partial charge in [-0.3, -0.25) is 0 Å². The first-order chi connectivity index (χ1) is 9.08. The predicted octanol–water partition coefficient (Wildman–Crippen LogP) is 3.23. The maximum Gasteiger partial charge on any atom is 0.354 e. The van der Waals surface area contributed by atoms with E-state index >= 15 is 0 Å². The molecule has 0 aliphatic heterocycles. The normalized spacial score (nSPS) is 11.1. The molecule has 0 radical (unpaired) electrons. The average Bonchev–Trinajstić information content (AvgIpc) is 2.99. The second-order valence-electron chi connectivity index (χ2n) is 3.94. The van der Waals surface area contributed by atoms with E-state index in [0.29, 0.717) is 21.5 Å². The van der Waals surface area contributed by atoms with E-state index < -0.39 is 5.97 Å². The number of hydrogen-bond donors (Lipinski definition) is 1. The summed E-state index contributed by atoms with van der Waals surface area (Å²) < 4.78 is 2.06. The molecule has 0 aliphatic carbocycles. The highest BCUT2D eigenvalue weighted by atomic mass is 79.9. The highest BCUT2D eigenvalue weighted by molar-refractivity contribution is 9.10. The van der Waals surface area contributed by atoms with Gasteiger partial charge in [0.15, 0.2) is 11.3 Å². The lowest BCUT2D eigenvalue weighted by Crippen LogP contribution is -2.08. The molecule has 0 saturated carbocycles. The molecule has 0 saturated heterocycles. The average molecular weight is 338 g/mol. The molecule has 7 heteroatoms. The van der Waals surface area contributed by atoms with Crippen LogP contribution in [0.25, 0.3) is 16.2 Å². The molecule has 96 valence electrons. The van der Waals surface area contributed by atoms with Crippen LogP contribution in [0, 0.1) is 6.92 Å². The molecule has 0 aliphatic rings. The third-order valence-electron chi connectivity index (χ3n) is 2.69. The van der Waals surface area contributed by atoms with E-state index in [1.807, 2.05) is 17.5 Å². The Kier molecular flexibility index (Phi) is 2.87. The van der Waals surface area contributed by atoms with Crippen molar-refractivity contribution in [3.05, 3.63) is 39.4 Å². The number of aromatic nitrogens is 3. The van der Waals surface area contributed by atoms with E-state index in [2.05, 4.69) is 26.0 Å². The van der Waals surface area contributed by atoms with Gasteiger partial charge in [-0.05, 0) is 40.4 Å². The van der Waals surface area contributed by atoms with Crippen molar-refractivity contribution in [3.63, 3.8) is 0 Å². The summed E-state index contributed by atoms with van der Waals surface area (Å²) in [6.45, 7) is 1.80. The molecule has 3 rings (SSSR count). The first kappa shape index (κ1) is 12.3. The first-order valence-electron chi connectivity index (χ1n) is 5.41. The lowest BCUT2D eigenvalue weighted by atomic mass is 10.3. The fourth-order valence-corrected chi connectivity index (χ4v) is 2.82. The summed E-state index contributed by atoms with van der Waals surface area (Å²) in [5.74, 6) is -1.03. The second kappa shape index (κ2) is 4.43. The molecule has 1 N–H and O–H groups in total. The zero-order valence-corrected chi connectivity index (χ0v) is 12.2. The van der Waals surface area contributed by atoms with Crippen molar-refractivity contribution >= 4 is 38.9 Å². The van der Waals surface area contributed by atoms with Crippen LogP contribution in [-0.4, -0.2) is 25.7 Å². The van der Waals surface area contributed by atoms with Crippen molar-refractivity contribution in [3.8, 4) is 10.6 Å². The van der Waals surface area contributed by atoms with Gasteiger partial charge in [0.05, 0.1) is 20.7 Å². The number of rotatable bonds is 2. The van der Waals surface area contributed by atoms with Gasteiger partial charge in [0, 0.05) is 0 Å². The molecule has 3 heterocycles. The Morgan fingerprint density at radius 2 is 2.32 bits per heavy atom. The molecule has 0 unspecified atom stereocenters. The van der Waals surface area contributed by atoms with Gasteiger partial charge in [0.25, 0.3) is 0 Å². The number of carbonyl (C=O) groups is 1. The number of halogens is 1. The molecule has 0 fully saturated rings. The third kappa shape index (κ3) is 1.95. The van der Waals surface area contributed by atoms with Gasteiger partial charge >= 0.3 is 5.97 Å². The molecule has 0 aromatic carbocycles. The summed E-state index contributed by atoms with van der Waals surface area (Å²) in [5.41, 5.74) is 1.96. The quantitative estimate of drug-likeness (QED) is 0.779. The summed E-state index contributed by atoms with van der Waals surface area (Å²) in [4.78, 5) is 16.8. The lowest BCUT2D eigenvalue weighted by Gasteiger charge is -2.03. The summed E-state index contributed by atoms with van der Waals surface area (Å²) in [7, 11) is 0. The van der Waals surface area contributed by atoms with Crippen LogP contribution >= 0.6 is 27.3 Å². The van der Waals surface area contributed by atoms with Crippen molar-refractivity contribution in [1.82, 2.24) is 14.6 Å².